The fourth-order valence-corrected chi connectivity index (χ4v) is 3.42. The minimum absolute atomic E-state index is 0.0911. The lowest BCUT2D eigenvalue weighted by Crippen LogP contribution is -2.19. The number of aromatic nitrogens is 1. The van der Waals surface area contributed by atoms with Crippen LogP contribution in [-0.2, 0) is 0 Å². The van der Waals surface area contributed by atoms with Crippen molar-refractivity contribution >= 4 is 17.3 Å². The third-order valence-electron chi connectivity index (χ3n) is 4.95. The quantitative estimate of drug-likeness (QED) is 0.752. The van der Waals surface area contributed by atoms with Gasteiger partial charge in [-0.1, -0.05) is 6.92 Å². The van der Waals surface area contributed by atoms with E-state index in [1.807, 2.05) is 65.5 Å². The predicted octanol–water partition coefficient (Wildman–Crippen LogP) is 4.58. The van der Waals surface area contributed by atoms with Crippen LogP contribution in [0, 0.1) is 5.92 Å². The number of hydrogen-bond donors (Lipinski definition) is 1. The third-order valence-corrected chi connectivity index (χ3v) is 4.95. The SMILES string of the molecule is CC1CCN(c2ccc(NC(=O)c3ccc(-n4cccc4)cc3)cc2)C1. The van der Waals surface area contributed by atoms with E-state index in [1.165, 1.54) is 12.1 Å². The van der Waals surface area contributed by atoms with Gasteiger partial charge in [0, 0.05) is 48.1 Å². The molecule has 1 unspecified atom stereocenters. The van der Waals surface area contributed by atoms with E-state index in [0.29, 0.717) is 5.56 Å². The first-order valence-corrected chi connectivity index (χ1v) is 9.09. The second kappa shape index (κ2) is 7.08. The van der Waals surface area contributed by atoms with Crippen molar-refractivity contribution in [1.82, 2.24) is 4.57 Å². The van der Waals surface area contributed by atoms with Gasteiger partial charge in [-0.25, -0.2) is 0 Å². The Kier molecular flexibility index (Phi) is 4.48. The van der Waals surface area contributed by atoms with Crippen LogP contribution >= 0.6 is 0 Å². The fourth-order valence-electron chi connectivity index (χ4n) is 3.42. The van der Waals surface area contributed by atoms with Gasteiger partial charge in [0.15, 0.2) is 0 Å². The smallest absolute Gasteiger partial charge is 0.255 e. The maximum absolute atomic E-state index is 12.5. The zero-order chi connectivity index (χ0) is 17.9. The molecule has 0 saturated carbocycles. The van der Waals surface area contributed by atoms with E-state index >= 15 is 0 Å². The van der Waals surface area contributed by atoms with Crippen molar-refractivity contribution in [2.45, 2.75) is 13.3 Å². The lowest BCUT2D eigenvalue weighted by atomic mass is 10.2. The molecule has 1 amide bonds. The Morgan fingerprint density at radius 2 is 1.62 bits per heavy atom. The largest absolute Gasteiger partial charge is 0.371 e. The van der Waals surface area contributed by atoms with Crippen LogP contribution in [0.25, 0.3) is 5.69 Å². The molecule has 1 aliphatic rings. The molecule has 0 aliphatic carbocycles. The minimum Gasteiger partial charge on any atom is -0.371 e. The van der Waals surface area contributed by atoms with Crippen LogP contribution in [0.4, 0.5) is 11.4 Å². The van der Waals surface area contributed by atoms with Gasteiger partial charge >= 0.3 is 0 Å². The molecule has 2 aromatic carbocycles. The molecule has 2 heterocycles. The predicted molar refractivity (Wildman–Crippen MR) is 106 cm³/mol. The van der Waals surface area contributed by atoms with Crippen LogP contribution in [0.3, 0.4) is 0 Å². The molecule has 0 radical (unpaired) electrons. The van der Waals surface area contributed by atoms with Gasteiger partial charge in [0.1, 0.15) is 0 Å². The summed E-state index contributed by atoms with van der Waals surface area (Å²) in [6.45, 7) is 4.51. The van der Waals surface area contributed by atoms with Crippen molar-refractivity contribution in [3.63, 3.8) is 0 Å². The summed E-state index contributed by atoms with van der Waals surface area (Å²) >= 11 is 0. The number of nitrogens with zero attached hydrogens (tertiary/aromatic N) is 2. The Morgan fingerprint density at radius 1 is 0.962 bits per heavy atom. The number of rotatable bonds is 4. The Bertz CT molecular complexity index is 867. The molecule has 4 nitrogen and oxygen atoms in total. The summed E-state index contributed by atoms with van der Waals surface area (Å²) in [7, 11) is 0. The number of amides is 1. The van der Waals surface area contributed by atoms with Gasteiger partial charge in [-0.05, 0) is 73.0 Å². The molecule has 0 bridgehead atoms. The van der Waals surface area contributed by atoms with E-state index in [2.05, 4.69) is 29.3 Å². The topological polar surface area (TPSA) is 37.3 Å². The van der Waals surface area contributed by atoms with Gasteiger partial charge in [-0.15, -0.1) is 0 Å². The van der Waals surface area contributed by atoms with Crippen molar-refractivity contribution in [3.8, 4) is 5.69 Å². The normalized spacial score (nSPS) is 16.7. The van der Waals surface area contributed by atoms with E-state index in [9.17, 15) is 4.79 Å². The molecular formula is C22H23N3O. The molecule has 26 heavy (non-hydrogen) atoms. The summed E-state index contributed by atoms with van der Waals surface area (Å²) in [5.41, 5.74) is 3.73. The second-order valence-corrected chi connectivity index (χ2v) is 6.98. The van der Waals surface area contributed by atoms with Gasteiger partial charge < -0.3 is 14.8 Å². The molecule has 132 valence electrons. The number of hydrogen-bond acceptors (Lipinski definition) is 2. The van der Waals surface area contributed by atoms with E-state index in [1.54, 1.807) is 0 Å². The lowest BCUT2D eigenvalue weighted by molar-refractivity contribution is 0.102. The maximum atomic E-state index is 12.5. The molecule has 1 N–H and O–H groups in total. The zero-order valence-corrected chi connectivity index (χ0v) is 14.9. The van der Waals surface area contributed by atoms with Crippen LogP contribution < -0.4 is 10.2 Å². The van der Waals surface area contributed by atoms with E-state index < -0.39 is 0 Å². The Hall–Kier alpha value is -3.01. The van der Waals surface area contributed by atoms with Gasteiger partial charge in [0.25, 0.3) is 5.91 Å². The first kappa shape index (κ1) is 16.5. The highest BCUT2D eigenvalue weighted by atomic mass is 16.1. The summed E-state index contributed by atoms with van der Waals surface area (Å²) in [6.07, 6.45) is 5.22. The molecular weight excluding hydrogens is 322 g/mol. The van der Waals surface area contributed by atoms with Crippen molar-refractivity contribution in [1.29, 1.82) is 0 Å². The summed E-state index contributed by atoms with van der Waals surface area (Å²) in [5, 5.41) is 2.97. The summed E-state index contributed by atoms with van der Waals surface area (Å²) in [5.74, 6) is 0.662. The Morgan fingerprint density at radius 3 is 2.23 bits per heavy atom. The standard InChI is InChI=1S/C22H23N3O/c1-17-12-15-25(16-17)21-10-6-19(7-11-21)23-22(26)18-4-8-20(9-5-18)24-13-2-3-14-24/h2-11,13-14,17H,12,15-16H2,1H3,(H,23,26). The van der Waals surface area contributed by atoms with Crippen molar-refractivity contribution in [3.05, 3.63) is 78.6 Å². The van der Waals surface area contributed by atoms with Crippen molar-refractivity contribution < 1.29 is 4.79 Å². The summed E-state index contributed by atoms with van der Waals surface area (Å²) < 4.78 is 2.01. The van der Waals surface area contributed by atoms with Crippen LogP contribution in [0.1, 0.15) is 23.7 Å². The average molecular weight is 345 g/mol. The molecule has 4 rings (SSSR count). The minimum atomic E-state index is -0.0911. The van der Waals surface area contributed by atoms with Gasteiger partial charge in [0.05, 0.1) is 0 Å². The van der Waals surface area contributed by atoms with Gasteiger partial charge in [-0.2, -0.15) is 0 Å². The van der Waals surface area contributed by atoms with Crippen LogP contribution in [0.2, 0.25) is 0 Å². The first-order valence-electron chi connectivity index (χ1n) is 9.09. The number of anilines is 2. The Balaban J connectivity index is 1.41. The van der Waals surface area contributed by atoms with Crippen LogP contribution in [0.15, 0.2) is 73.1 Å². The number of benzene rings is 2. The monoisotopic (exact) mass is 345 g/mol. The number of nitrogens with one attached hydrogen (secondary N) is 1. The highest BCUT2D eigenvalue weighted by molar-refractivity contribution is 6.04. The summed E-state index contributed by atoms with van der Waals surface area (Å²) in [4.78, 5) is 14.9. The third kappa shape index (κ3) is 3.49. The van der Waals surface area contributed by atoms with Crippen LogP contribution in [0.5, 0.6) is 0 Å². The van der Waals surface area contributed by atoms with Crippen molar-refractivity contribution in [2.24, 2.45) is 5.92 Å². The van der Waals surface area contributed by atoms with E-state index in [4.69, 9.17) is 0 Å². The molecule has 3 aromatic rings. The first-order chi connectivity index (χ1) is 12.7. The second-order valence-electron chi connectivity index (χ2n) is 6.98. The summed E-state index contributed by atoms with van der Waals surface area (Å²) in [6, 6.07) is 19.7. The zero-order valence-electron chi connectivity index (χ0n) is 14.9. The average Bonchev–Trinajstić information content (AvgIpc) is 3.34. The molecule has 1 fully saturated rings. The molecule has 1 atom stereocenters. The van der Waals surface area contributed by atoms with Gasteiger partial charge in [0.2, 0.25) is 0 Å². The van der Waals surface area contributed by atoms with Crippen LogP contribution in [-0.4, -0.2) is 23.6 Å². The molecule has 1 aromatic heterocycles. The maximum Gasteiger partial charge on any atom is 0.255 e. The molecule has 1 saturated heterocycles. The fraction of sp³-hybridized carbons (Fsp3) is 0.227. The molecule has 4 heteroatoms. The number of carbonyl (C=O) groups is 1. The molecule has 0 spiro atoms. The van der Waals surface area contributed by atoms with Gasteiger partial charge in [-0.3, -0.25) is 4.79 Å². The van der Waals surface area contributed by atoms with E-state index in [0.717, 1.165) is 30.4 Å². The highest BCUT2D eigenvalue weighted by Gasteiger charge is 2.18. The Labute approximate surface area is 154 Å². The van der Waals surface area contributed by atoms with E-state index in [-0.39, 0.29) is 5.91 Å². The van der Waals surface area contributed by atoms with Crippen molar-refractivity contribution in [2.75, 3.05) is 23.3 Å². The lowest BCUT2D eigenvalue weighted by Gasteiger charge is -2.18. The molecule has 1 aliphatic heterocycles. The highest BCUT2D eigenvalue weighted by Crippen LogP contribution is 2.25. The number of carbonyl (C=O) groups excluding carboxylic acids is 1.